The van der Waals surface area contributed by atoms with E-state index in [1.807, 2.05) is 33.8 Å². The van der Waals surface area contributed by atoms with Crippen molar-refractivity contribution in [2.45, 2.75) is 58.2 Å². The fourth-order valence-corrected chi connectivity index (χ4v) is 2.49. The average molecular weight is 312 g/mol. The third-order valence-corrected chi connectivity index (χ3v) is 3.61. The molecule has 1 amide bonds. The van der Waals surface area contributed by atoms with Crippen molar-refractivity contribution in [3.05, 3.63) is 23.0 Å². The van der Waals surface area contributed by atoms with E-state index in [1.165, 1.54) is 0 Å². The molecule has 5 nitrogen and oxygen atoms in total. The second-order valence-electron chi connectivity index (χ2n) is 6.45. The van der Waals surface area contributed by atoms with Crippen LogP contribution < -0.4 is 10.6 Å². The van der Waals surface area contributed by atoms with Gasteiger partial charge in [-0.05, 0) is 52.2 Å². The van der Waals surface area contributed by atoms with Gasteiger partial charge in [0.15, 0.2) is 5.15 Å². The summed E-state index contributed by atoms with van der Waals surface area (Å²) < 4.78 is 5.23. The van der Waals surface area contributed by atoms with Gasteiger partial charge in [0.05, 0.1) is 5.69 Å². The lowest BCUT2D eigenvalue weighted by molar-refractivity contribution is 0.0475. The Morgan fingerprint density at radius 1 is 1.38 bits per heavy atom. The Labute approximate surface area is 130 Å². The van der Waals surface area contributed by atoms with Gasteiger partial charge in [-0.3, -0.25) is 0 Å². The molecular weight excluding hydrogens is 290 g/mol. The summed E-state index contributed by atoms with van der Waals surface area (Å²) in [5.74, 6) is 0. The normalized spacial score (nSPS) is 21.4. The van der Waals surface area contributed by atoms with Gasteiger partial charge in [-0.1, -0.05) is 11.6 Å². The number of carbonyl (C=O) groups excluding carboxylic acids is 1. The average Bonchev–Trinajstić information content (AvgIpc) is 2.27. The van der Waals surface area contributed by atoms with Gasteiger partial charge in [-0.25, -0.2) is 9.78 Å². The molecule has 0 spiro atoms. The fourth-order valence-electron chi connectivity index (χ4n) is 2.23. The van der Waals surface area contributed by atoms with Gasteiger partial charge in [-0.15, -0.1) is 0 Å². The third-order valence-electron chi connectivity index (χ3n) is 3.32. The number of carbonyl (C=O) groups is 1. The first-order valence-electron chi connectivity index (χ1n) is 7.12. The smallest absolute Gasteiger partial charge is 0.407 e. The summed E-state index contributed by atoms with van der Waals surface area (Å²) in [4.78, 5) is 15.7. The lowest BCUT2D eigenvalue weighted by Crippen LogP contribution is -2.50. The fraction of sp³-hybridized carbons (Fsp3) is 0.600. The molecule has 2 rings (SSSR count). The molecule has 0 aliphatic heterocycles. The van der Waals surface area contributed by atoms with Crippen molar-refractivity contribution in [3.8, 4) is 0 Å². The quantitative estimate of drug-likeness (QED) is 0.838. The number of alkyl carbamates (subject to hydrolysis) is 1. The minimum atomic E-state index is -0.466. The number of ether oxygens (including phenoxy) is 1. The van der Waals surface area contributed by atoms with Gasteiger partial charge >= 0.3 is 6.09 Å². The van der Waals surface area contributed by atoms with Gasteiger partial charge in [0.2, 0.25) is 0 Å². The van der Waals surface area contributed by atoms with Crippen LogP contribution in [-0.4, -0.2) is 28.8 Å². The second-order valence-corrected chi connectivity index (χ2v) is 6.81. The van der Waals surface area contributed by atoms with Gasteiger partial charge < -0.3 is 15.4 Å². The summed E-state index contributed by atoms with van der Waals surface area (Å²) in [7, 11) is 0. The zero-order chi connectivity index (χ0) is 15.6. The van der Waals surface area contributed by atoms with Crippen molar-refractivity contribution in [1.29, 1.82) is 0 Å². The van der Waals surface area contributed by atoms with Crippen LogP contribution in [0.3, 0.4) is 0 Å². The molecule has 1 aliphatic carbocycles. The minimum Gasteiger partial charge on any atom is -0.444 e. The minimum absolute atomic E-state index is 0.146. The number of rotatable bonds is 3. The first-order chi connectivity index (χ1) is 9.74. The lowest BCUT2D eigenvalue weighted by atomic mass is 9.86. The highest BCUT2D eigenvalue weighted by Crippen LogP contribution is 2.29. The van der Waals surface area contributed by atoms with E-state index in [-0.39, 0.29) is 12.1 Å². The molecule has 0 atom stereocenters. The van der Waals surface area contributed by atoms with Crippen molar-refractivity contribution >= 4 is 23.4 Å². The summed E-state index contributed by atoms with van der Waals surface area (Å²) in [5, 5.41) is 6.73. The molecule has 0 unspecified atom stereocenters. The topological polar surface area (TPSA) is 63.2 Å². The van der Waals surface area contributed by atoms with E-state index in [0.717, 1.165) is 24.1 Å². The largest absolute Gasteiger partial charge is 0.444 e. The molecule has 0 bridgehead atoms. The molecule has 2 N–H and O–H groups in total. The number of hydrogen-bond donors (Lipinski definition) is 2. The maximum atomic E-state index is 11.7. The molecule has 1 fully saturated rings. The van der Waals surface area contributed by atoms with Gasteiger partial charge in [0.25, 0.3) is 0 Å². The summed E-state index contributed by atoms with van der Waals surface area (Å²) in [6.45, 7) is 7.55. The van der Waals surface area contributed by atoms with E-state index in [4.69, 9.17) is 16.3 Å². The Kier molecular flexibility index (Phi) is 4.61. The Morgan fingerprint density at radius 2 is 2.05 bits per heavy atom. The first-order valence-corrected chi connectivity index (χ1v) is 7.49. The van der Waals surface area contributed by atoms with Crippen molar-refractivity contribution in [1.82, 2.24) is 10.3 Å². The van der Waals surface area contributed by atoms with E-state index in [0.29, 0.717) is 11.2 Å². The molecule has 6 heteroatoms. The number of amides is 1. The van der Waals surface area contributed by atoms with Crippen molar-refractivity contribution in [2.24, 2.45) is 0 Å². The maximum Gasteiger partial charge on any atom is 0.407 e. The highest BCUT2D eigenvalue weighted by atomic mass is 35.5. The van der Waals surface area contributed by atoms with Crippen molar-refractivity contribution in [2.75, 3.05) is 5.32 Å². The van der Waals surface area contributed by atoms with Crippen molar-refractivity contribution in [3.63, 3.8) is 0 Å². The second kappa shape index (κ2) is 6.10. The number of nitrogens with one attached hydrogen (secondary N) is 2. The lowest BCUT2D eigenvalue weighted by Gasteiger charge is -2.37. The number of aryl methyl sites for hydroxylation is 1. The maximum absolute atomic E-state index is 11.7. The van der Waals surface area contributed by atoms with Crippen LogP contribution in [0.2, 0.25) is 5.15 Å². The molecule has 1 saturated carbocycles. The Balaban J connectivity index is 1.78. The van der Waals surface area contributed by atoms with Crippen LogP contribution in [0.15, 0.2) is 12.3 Å². The number of anilines is 1. The third kappa shape index (κ3) is 4.49. The van der Waals surface area contributed by atoms with Gasteiger partial charge in [0.1, 0.15) is 5.60 Å². The number of pyridine rings is 1. The van der Waals surface area contributed by atoms with Crippen LogP contribution in [0.4, 0.5) is 10.5 Å². The Hall–Kier alpha value is -1.49. The van der Waals surface area contributed by atoms with Gasteiger partial charge in [0, 0.05) is 18.3 Å². The molecule has 1 aliphatic rings. The summed E-state index contributed by atoms with van der Waals surface area (Å²) in [6.07, 6.45) is 3.03. The summed E-state index contributed by atoms with van der Waals surface area (Å²) >= 11 is 6.08. The summed E-state index contributed by atoms with van der Waals surface area (Å²) in [6, 6.07) is 2.36. The van der Waals surface area contributed by atoms with E-state index >= 15 is 0 Å². The zero-order valence-electron chi connectivity index (χ0n) is 12.9. The molecule has 0 aromatic carbocycles. The van der Waals surface area contributed by atoms with Gasteiger partial charge in [-0.2, -0.15) is 0 Å². The van der Waals surface area contributed by atoms with E-state index in [1.54, 1.807) is 6.20 Å². The van der Waals surface area contributed by atoms with Crippen LogP contribution in [0.1, 0.15) is 39.2 Å². The van der Waals surface area contributed by atoms with Crippen LogP contribution in [-0.2, 0) is 4.74 Å². The first kappa shape index (κ1) is 15.9. The Bertz CT molecular complexity index is 502. The van der Waals surface area contributed by atoms with Crippen LogP contribution >= 0.6 is 11.6 Å². The SMILES string of the molecule is Cc1ccnc(Cl)c1NC1CC(NC(=O)OC(C)(C)C)C1. The van der Waals surface area contributed by atoms with Crippen LogP contribution in [0.25, 0.3) is 0 Å². The molecule has 116 valence electrons. The molecule has 0 radical (unpaired) electrons. The van der Waals surface area contributed by atoms with E-state index < -0.39 is 5.60 Å². The van der Waals surface area contributed by atoms with E-state index in [9.17, 15) is 4.79 Å². The molecule has 21 heavy (non-hydrogen) atoms. The number of aromatic nitrogens is 1. The monoisotopic (exact) mass is 311 g/mol. The number of hydrogen-bond acceptors (Lipinski definition) is 4. The highest BCUT2D eigenvalue weighted by Gasteiger charge is 2.32. The molecule has 1 heterocycles. The predicted molar refractivity (Wildman–Crippen MR) is 83.8 cm³/mol. The highest BCUT2D eigenvalue weighted by molar-refractivity contribution is 6.32. The molecule has 1 aromatic rings. The van der Waals surface area contributed by atoms with Crippen LogP contribution in [0, 0.1) is 6.92 Å². The molecule has 1 aromatic heterocycles. The molecular formula is C15H22ClN3O2. The molecule has 0 saturated heterocycles. The van der Waals surface area contributed by atoms with E-state index in [2.05, 4.69) is 15.6 Å². The zero-order valence-corrected chi connectivity index (χ0v) is 13.6. The Morgan fingerprint density at radius 3 is 2.62 bits per heavy atom. The number of halogens is 1. The predicted octanol–water partition coefficient (Wildman–Crippen LogP) is 3.51. The number of nitrogens with zero attached hydrogens (tertiary/aromatic N) is 1. The van der Waals surface area contributed by atoms with Crippen molar-refractivity contribution < 1.29 is 9.53 Å². The standard InChI is InChI=1S/C15H22ClN3O2/c1-9-5-6-17-13(16)12(9)18-10-7-11(8-10)19-14(20)21-15(2,3)4/h5-6,10-11,18H,7-8H2,1-4H3,(H,19,20). The van der Waals surface area contributed by atoms with Crippen LogP contribution in [0.5, 0.6) is 0 Å². The summed E-state index contributed by atoms with van der Waals surface area (Å²) in [5.41, 5.74) is 1.48.